The molecule has 0 radical (unpaired) electrons. The summed E-state index contributed by atoms with van der Waals surface area (Å²) in [4.78, 5) is 17.0. The van der Waals surface area contributed by atoms with Crippen molar-refractivity contribution in [2.75, 3.05) is 13.7 Å². The van der Waals surface area contributed by atoms with E-state index in [1.165, 1.54) is 6.34 Å². The van der Waals surface area contributed by atoms with Crippen LogP contribution in [0.15, 0.2) is 70.2 Å². The van der Waals surface area contributed by atoms with Crippen molar-refractivity contribution in [3.05, 3.63) is 83.0 Å². The van der Waals surface area contributed by atoms with E-state index >= 15 is 0 Å². The fourth-order valence-corrected chi connectivity index (χ4v) is 2.96. The van der Waals surface area contributed by atoms with E-state index < -0.39 is 5.41 Å². The lowest BCUT2D eigenvalue weighted by atomic mass is 9.80. The van der Waals surface area contributed by atoms with Gasteiger partial charge in [0.1, 0.15) is 0 Å². The smallest absolute Gasteiger partial charge is 0.252 e. The minimum absolute atomic E-state index is 0.0188. The van der Waals surface area contributed by atoms with E-state index in [1.807, 2.05) is 68.4 Å². The molecule has 0 saturated heterocycles. The number of hydrogen-bond acceptors (Lipinski definition) is 5. The number of nitrogens with zero attached hydrogens (tertiary/aromatic N) is 2. The normalized spacial score (nSPS) is 11.3. The molecule has 0 aliphatic heterocycles. The summed E-state index contributed by atoms with van der Waals surface area (Å²) in [6.07, 6.45) is 1.48. The van der Waals surface area contributed by atoms with Crippen molar-refractivity contribution < 1.29 is 9.32 Å². The van der Waals surface area contributed by atoms with Crippen LogP contribution in [0.2, 0.25) is 0 Å². The van der Waals surface area contributed by atoms with Gasteiger partial charge in [-0.1, -0.05) is 67.5 Å². The largest absolute Gasteiger partial charge is 0.360 e. The first kappa shape index (κ1) is 21.8. The molecule has 0 aliphatic rings. The number of carbonyl (C=O) groups is 1. The van der Waals surface area contributed by atoms with Gasteiger partial charge in [0, 0.05) is 29.7 Å². The Morgan fingerprint density at radius 2 is 1.87 bits per heavy atom. The minimum atomic E-state index is -0.485. The van der Waals surface area contributed by atoms with Crippen molar-refractivity contribution in [2.24, 2.45) is 4.99 Å². The fraction of sp³-hybridized carbons (Fsp3) is 0.217. The van der Waals surface area contributed by atoms with Gasteiger partial charge < -0.3 is 20.5 Å². The molecule has 0 saturated carbocycles. The highest BCUT2D eigenvalue weighted by atomic mass is 16.5. The average Bonchev–Trinajstić information content (AvgIpc) is 3.28. The Morgan fingerprint density at radius 1 is 1.13 bits per heavy atom. The predicted octanol–water partition coefficient (Wildman–Crippen LogP) is 3.18. The van der Waals surface area contributed by atoms with Crippen molar-refractivity contribution in [3.8, 4) is 0 Å². The summed E-state index contributed by atoms with van der Waals surface area (Å²) in [5.41, 5.74) is 2.45. The summed E-state index contributed by atoms with van der Waals surface area (Å²) in [6, 6.07) is 18.6. The molecule has 1 aromatic heterocycles. The Balaban J connectivity index is 1.72. The Hall–Kier alpha value is -3.94. The van der Waals surface area contributed by atoms with Crippen LogP contribution in [0.1, 0.15) is 41.0 Å². The van der Waals surface area contributed by atoms with Gasteiger partial charge in [0.15, 0.2) is 11.7 Å². The molecule has 4 N–H and O–H groups in total. The van der Waals surface area contributed by atoms with Crippen molar-refractivity contribution in [3.63, 3.8) is 0 Å². The molecular weight excluding hydrogens is 392 g/mol. The first-order chi connectivity index (χ1) is 14.9. The first-order valence-electron chi connectivity index (χ1n) is 9.85. The molecule has 1 heterocycles. The molecule has 31 heavy (non-hydrogen) atoms. The third kappa shape index (κ3) is 5.36. The van der Waals surface area contributed by atoms with E-state index in [9.17, 15) is 4.79 Å². The lowest BCUT2D eigenvalue weighted by Gasteiger charge is -2.22. The number of ketones is 1. The van der Waals surface area contributed by atoms with Gasteiger partial charge in [0.2, 0.25) is 0 Å². The van der Waals surface area contributed by atoms with Crippen LogP contribution in [0.5, 0.6) is 0 Å². The number of aliphatic imine (C=N–C) groups is 1. The molecule has 0 fully saturated rings. The van der Waals surface area contributed by atoms with Gasteiger partial charge in [-0.25, -0.2) is 4.99 Å². The number of guanidine groups is 1. The van der Waals surface area contributed by atoms with Crippen molar-refractivity contribution in [2.45, 2.75) is 19.3 Å². The maximum absolute atomic E-state index is 12.8. The highest BCUT2D eigenvalue weighted by Gasteiger charge is 2.28. The van der Waals surface area contributed by atoms with Crippen LogP contribution in [0.25, 0.3) is 0 Å². The van der Waals surface area contributed by atoms with E-state index in [2.05, 4.69) is 26.1 Å². The topological polar surface area (TPSA) is 115 Å². The maximum atomic E-state index is 12.8. The van der Waals surface area contributed by atoms with Crippen molar-refractivity contribution in [1.29, 1.82) is 5.41 Å². The molecule has 0 spiro atoms. The summed E-state index contributed by atoms with van der Waals surface area (Å²) in [5.74, 6) is 0.545. The second kappa shape index (κ2) is 9.71. The molecular formula is C23H26N6O2. The van der Waals surface area contributed by atoms with Gasteiger partial charge in [-0.15, -0.1) is 0 Å². The Kier molecular flexibility index (Phi) is 6.81. The maximum Gasteiger partial charge on any atom is 0.252 e. The molecule has 8 nitrogen and oxygen atoms in total. The quantitative estimate of drug-likeness (QED) is 0.147. The van der Waals surface area contributed by atoms with Gasteiger partial charge in [-0.05, 0) is 11.6 Å². The van der Waals surface area contributed by atoms with Crippen LogP contribution in [0, 0.1) is 5.41 Å². The third-order valence-corrected chi connectivity index (χ3v) is 4.92. The van der Waals surface area contributed by atoms with E-state index in [1.54, 1.807) is 13.1 Å². The first-order valence-corrected chi connectivity index (χ1v) is 9.85. The van der Waals surface area contributed by atoms with Crippen molar-refractivity contribution in [1.82, 2.24) is 21.1 Å². The fourth-order valence-electron chi connectivity index (χ4n) is 2.96. The zero-order valence-electron chi connectivity index (χ0n) is 17.8. The van der Waals surface area contributed by atoms with Crippen LogP contribution in [0.3, 0.4) is 0 Å². The summed E-state index contributed by atoms with van der Waals surface area (Å²) < 4.78 is 5.34. The monoisotopic (exact) mass is 418 g/mol. The number of carbonyl (C=O) groups excluding carboxylic acids is 1. The summed E-state index contributed by atoms with van der Waals surface area (Å²) in [7, 11) is 1.66. The third-order valence-electron chi connectivity index (χ3n) is 4.92. The van der Waals surface area contributed by atoms with E-state index in [4.69, 9.17) is 9.93 Å². The second-order valence-electron chi connectivity index (χ2n) is 7.39. The summed E-state index contributed by atoms with van der Waals surface area (Å²) in [5, 5.41) is 20.0. The molecule has 0 unspecified atom stereocenters. The molecule has 8 heteroatoms. The zero-order chi connectivity index (χ0) is 22.3. The van der Waals surface area contributed by atoms with E-state index in [-0.39, 0.29) is 11.7 Å². The van der Waals surface area contributed by atoms with E-state index in [0.29, 0.717) is 29.4 Å². The highest BCUT2D eigenvalue weighted by molar-refractivity contribution is 6.09. The molecule has 160 valence electrons. The molecule has 0 bridgehead atoms. The summed E-state index contributed by atoms with van der Waals surface area (Å²) in [6.45, 7) is 4.39. The summed E-state index contributed by atoms with van der Waals surface area (Å²) >= 11 is 0. The van der Waals surface area contributed by atoms with Gasteiger partial charge in [0.05, 0.1) is 18.7 Å². The Bertz CT molecular complexity index is 1070. The van der Waals surface area contributed by atoms with Gasteiger partial charge in [-0.3, -0.25) is 10.2 Å². The van der Waals surface area contributed by atoms with Gasteiger partial charge >= 0.3 is 0 Å². The average molecular weight is 419 g/mol. The number of hydrogen-bond donors (Lipinski definition) is 4. The lowest BCUT2D eigenvalue weighted by Crippen LogP contribution is -2.39. The number of rotatable bonds is 8. The highest BCUT2D eigenvalue weighted by Crippen LogP contribution is 2.33. The molecule has 2 aromatic carbocycles. The SMILES string of the molecule is CNC(=N)NCN/C=N/c1cc(C(C)(C)c2cccc(C(=O)c3ccccc3)c2)no1. The zero-order valence-corrected chi connectivity index (χ0v) is 17.8. The molecule has 0 amide bonds. The molecule has 3 aromatic rings. The Labute approximate surface area is 181 Å². The minimum Gasteiger partial charge on any atom is -0.360 e. The van der Waals surface area contributed by atoms with Crippen LogP contribution >= 0.6 is 0 Å². The lowest BCUT2D eigenvalue weighted by molar-refractivity contribution is 0.103. The standard InChI is InChI=1S/C23H26N6O2/c1-23(2,19-13-20(31-29-19)27-14-26-15-28-22(24)25-3)18-11-7-10-17(12-18)21(30)16-8-5-4-6-9-16/h4-14H,15H2,1-3H3,(H,26,27)(H3,24,25,28). The van der Waals surface area contributed by atoms with Gasteiger partial charge in [-0.2, -0.15) is 0 Å². The van der Waals surface area contributed by atoms with Crippen LogP contribution < -0.4 is 16.0 Å². The number of nitrogens with one attached hydrogen (secondary N) is 4. The van der Waals surface area contributed by atoms with E-state index in [0.717, 1.165) is 5.56 Å². The van der Waals surface area contributed by atoms with Crippen LogP contribution in [-0.2, 0) is 5.41 Å². The molecule has 3 rings (SSSR count). The Morgan fingerprint density at radius 3 is 2.61 bits per heavy atom. The molecule has 0 aliphatic carbocycles. The van der Waals surface area contributed by atoms with Crippen molar-refractivity contribution >= 4 is 24.0 Å². The second-order valence-corrected chi connectivity index (χ2v) is 7.39. The number of benzene rings is 2. The number of aromatic nitrogens is 1. The van der Waals surface area contributed by atoms with Crippen LogP contribution in [0.4, 0.5) is 5.88 Å². The van der Waals surface area contributed by atoms with Crippen LogP contribution in [-0.4, -0.2) is 37.0 Å². The molecule has 0 atom stereocenters. The predicted molar refractivity (Wildman–Crippen MR) is 121 cm³/mol. The van der Waals surface area contributed by atoms with Gasteiger partial charge in [0.25, 0.3) is 5.88 Å².